The maximum absolute atomic E-state index is 5.75. The first-order valence-corrected chi connectivity index (χ1v) is 8.47. The molecule has 0 amide bonds. The molecule has 1 aliphatic carbocycles. The van der Waals surface area contributed by atoms with E-state index in [-0.39, 0.29) is 0 Å². The van der Waals surface area contributed by atoms with Gasteiger partial charge in [0.25, 0.3) is 0 Å². The summed E-state index contributed by atoms with van der Waals surface area (Å²) in [6.45, 7) is 4.88. The summed E-state index contributed by atoms with van der Waals surface area (Å²) in [4.78, 5) is 0. The molecule has 1 saturated carbocycles. The summed E-state index contributed by atoms with van der Waals surface area (Å²) >= 11 is 0. The lowest BCUT2D eigenvalue weighted by Gasteiger charge is -2.08. The van der Waals surface area contributed by atoms with Crippen LogP contribution in [0.25, 0.3) is 0 Å². The monoisotopic (exact) mass is 291 g/mol. The van der Waals surface area contributed by atoms with Gasteiger partial charge < -0.3 is 14.8 Å². The zero-order valence-corrected chi connectivity index (χ0v) is 13.3. The molecule has 0 radical (unpaired) electrons. The number of hydrogen-bond donors (Lipinski definition) is 1. The SMILES string of the molecule is CCCOc1ccc(OCCCCCCNC2CC2)cc1. The molecule has 1 fully saturated rings. The van der Waals surface area contributed by atoms with Crippen molar-refractivity contribution in [1.29, 1.82) is 0 Å². The van der Waals surface area contributed by atoms with Crippen LogP contribution in [0.1, 0.15) is 51.9 Å². The average molecular weight is 291 g/mol. The number of unbranched alkanes of at least 4 members (excludes halogenated alkanes) is 3. The maximum atomic E-state index is 5.75. The van der Waals surface area contributed by atoms with Crippen LogP contribution < -0.4 is 14.8 Å². The third-order valence-corrected chi connectivity index (χ3v) is 3.65. The molecule has 0 bridgehead atoms. The van der Waals surface area contributed by atoms with Gasteiger partial charge in [-0.15, -0.1) is 0 Å². The van der Waals surface area contributed by atoms with E-state index in [1.54, 1.807) is 0 Å². The van der Waals surface area contributed by atoms with Crippen molar-refractivity contribution in [3.63, 3.8) is 0 Å². The molecule has 3 heteroatoms. The molecule has 0 unspecified atom stereocenters. The van der Waals surface area contributed by atoms with Crippen molar-refractivity contribution in [2.45, 2.75) is 57.9 Å². The number of hydrogen-bond acceptors (Lipinski definition) is 3. The van der Waals surface area contributed by atoms with E-state index < -0.39 is 0 Å². The molecular weight excluding hydrogens is 262 g/mol. The lowest BCUT2D eigenvalue weighted by atomic mass is 10.2. The van der Waals surface area contributed by atoms with E-state index in [2.05, 4.69) is 12.2 Å². The molecule has 0 saturated heterocycles. The van der Waals surface area contributed by atoms with Crippen molar-refractivity contribution in [1.82, 2.24) is 5.32 Å². The summed E-state index contributed by atoms with van der Waals surface area (Å²) in [5.41, 5.74) is 0. The lowest BCUT2D eigenvalue weighted by molar-refractivity contribution is 0.300. The van der Waals surface area contributed by atoms with Crippen LogP contribution in [-0.2, 0) is 0 Å². The van der Waals surface area contributed by atoms with Gasteiger partial charge in [-0.25, -0.2) is 0 Å². The van der Waals surface area contributed by atoms with E-state index in [0.29, 0.717) is 0 Å². The second kappa shape index (κ2) is 9.67. The number of nitrogens with one attached hydrogen (secondary N) is 1. The van der Waals surface area contributed by atoms with Gasteiger partial charge in [0.05, 0.1) is 13.2 Å². The summed E-state index contributed by atoms with van der Waals surface area (Å²) in [6, 6.07) is 8.79. The maximum Gasteiger partial charge on any atom is 0.119 e. The van der Waals surface area contributed by atoms with E-state index in [1.807, 2.05) is 24.3 Å². The molecule has 1 N–H and O–H groups in total. The Kier molecular flexibility index (Phi) is 7.44. The van der Waals surface area contributed by atoms with E-state index in [0.717, 1.165) is 43.6 Å². The highest BCUT2D eigenvalue weighted by Gasteiger charge is 2.19. The molecule has 1 aromatic carbocycles. The van der Waals surface area contributed by atoms with Gasteiger partial charge >= 0.3 is 0 Å². The predicted molar refractivity (Wildman–Crippen MR) is 87.2 cm³/mol. The predicted octanol–water partition coefficient (Wildman–Crippen LogP) is 4.17. The number of ether oxygens (including phenoxy) is 2. The minimum absolute atomic E-state index is 0.774. The third kappa shape index (κ3) is 7.37. The van der Waals surface area contributed by atoms with Crippen molar-refractivity contribution in [3.05, 3.63) is 24.3 Å². The largest absolute Gasteiger partial charge is 0.494 e. The Morgan fingerprint density at radius 1 is 0.905 bits per heavy atom. The summed E-state index contributed by atoms with van der Waals surface area (Å²) < 4.78 is 11.3. The fraction of sp³-hybridized carbons (Fsp3) is 0.667. The second-order valence-electron chi connectivity index (χ2n) is 5.81. The smallest absolute Gasteiger partial charge is 0.119 e. The summed E-state index contributed by atoms with van der Waals surface area (Å²) in [6.07, 6.45) is 8.79. The Labute approximate surface area is 129 Å². The molecule has 1 aliphatic rings. The van der Waals surface area contributed by atoms with E-state index in [9.17, 15) is 0 Å². The molecule has 0 aromatic heterocycles. The minimum atomic E-state index is 0.774. The fourth-order valence-corrected chi connectivity index (χ4v) is 2.22. The molecule has 118 valence electrons. The standard InChI is InChI=1S/C18H29NO2/c1-2-14-20-17-9-11-18(12-10-17)21-15-6-4-3-5-13-19-16-7-8-16/h9-12,16,19H,2-8,13-15H2,1H3. The molecule has 0 aliphatic heterocycles. The molecule has 0 atom stereocenters. The van der Waals surface area contributed by atoms with Crippen LogP contribution in [0.5, 0.6) is 11.5 Å². The highest BCUT2D eigenvalue weighted by molar-refractivity contribution is 5.31. The topological polar surface area (TPSA) is 30.5 Å². The van der Waals surface area contributed by atoms with Gasteiger partial charge in [-0.2, -0.15) is 0 Å². The van der Waals surface area contributed by atoms with Crippen LogP contribution in [0.4, 0.5) is 0 Å². The summed E-state index contributed by atoms with van der Waals surface area (Å²) in [5, 5.41) is 3.55. The van der Waals surface area contributed by atoms with Crippen LogP contribution in [0.15, 0.2) is 24.3 Å². The first-order chi connectivity index (χ1) is 10.4. The molecule has 1 aromatic rings. The quantitative estimate of drug-likeness (QED) is 0.586. The second-order valence-corrected chi connectivity index (χ2v) is 5.81. The van der Waals surface area contributed by atoms with E-state index in [4.69, 9.17) is 9.47 Å². The van der Waals surface area contributed by atoms with E-state index in [1.165, 1.54) is 38.6 Å². The first-order valence-electron chi connectivity index (χ1n) is 8.47. The van der Waals surface area contributed by atoms with Crippen LogP contribution in [0.3, 0.4) is 0 Å². The third-order valence-electron chi connectivity index (χ3n) is 3.65. The molecule has 0 heterocycles. The number of rotatable bonds is 12. The van der Waals surface area contributed by atoms with Gasteiger partial charge in [0, 0.05) is 6.04 Å². The van der Waals surface area contributed by atoms with Gasteiger partial charge in [-0.05, 0) is 62.9 Å². The van der Waals surface area contributed by atoms with Gasteiger partial charge in [0.1, 0.15) is 11.5 Å². The van der Waals surface area contributed by atoms with Crippen LogP contribution in [-0.4, -0.2) is 25.8 Å². The van der Waals surface area contributed by atoms with Crippen molar-refractivity contribution in [3.8, 4) is 11.5 Å². The van der Waals surface area contributed by atoms with Crippen molar-refractivity contribution in [2.24, 2.45) is 0 Å². The molecule has 21 heavy (non-hydrogen) atoms. The van der Waals surface area contributed by atoms with Gasteiger partial charge in [-0.3, -0.25) is 0 Å². The Hall–Kier alpha value is -1.22. The van der Waals surface area contributed by atoms with Crippen molar-refractivity contribution < 1.29 is 9.47 Å². The first kappa shape index (κ1) is 16.2. The Morgan fingerprint density at radius 2 is 1.52 bits per heavy atom. The van der Waals surface area contributed by atoms with Crippen molar-refractivity contribution >= 4 is 0 Å². The molecule has 2 rings (SSSR count). The van der Waals surface area contributed by atoms with Crippen LogP contribution in [0.2, 0.25) is 0 Å². The van der Waals surface area contributed by atoms with E-state index >= 15 is 0 Å². The zero-order chi connectivity index (χ0) is 14.8. The highest BCUT2D eigenvalue weighted by atomic mass is 16.5. The lowest BCUT2D eigenvalue weighted by Crippen LogP contribution is -2.17. The van der Waals surface area contributed by atoms with Gasteiger partial charge in [0.15, 0.2) is 0 Å². The van der Waals surface area contributed by atoms with Gasteiger partial charge in [0.2, 0.25) is 0 Å². The molecule has 3 nitrogen and oxygen atoms in total. The molecular formula is C18H29NO2. The van der Waals surface area contributed by atoms with Crippen LogP contribution in [0, 0.1) is 0 Å². The Balaban J connectivity index is 1.45. The summed E-state index contributed by atoms with van der Waals surface area (Å²) in [5.74, 6) is 1.86. The Bertz CT molecular complexity index is 373. The average Bonchev–Trinajstić information content (AvgIpc) is 3.33. The van der Waals surface area contributed by atoms with Crippen molar-refractivity contribution in [2.75, 3.05) is 19.8 Å². The number of benzene rings is 1. The zero-order valence-electron chi connectivity index (χ0n) is 13.3. The fourth-order valence-electron chi connectivity index (χ4n) is 2.22. The highest BCUT2D eigenvalue weighted by Crippen LogP contribution is 2.19. The minimum Gasteiger partial charge on any atom is -0.494 e. The normalized spacial score (nSPS) is 14.1. The van der Waals surface area contributed by atoms with Gasteiger partial charge in [-0.1, -0.05) is 19.8 Å². The summed E-state index contributed by atoms with van der Waals surface area (Å²) in [7, 11) is 0. The molecule has 0 spiro atoms. The Morgan fingerprint density at radius 3 is 2.14 bits per heavy atom. The van der Waals surface area contributed by atoms with Crippen LogP contribution >= 0.6 is 0 Å².